The Kier molecular flexibility index (Phi) is 4.27. The van der Waals surface area contributed by atoms with Gasteiger partial charge in [0.1, 0.15) is 17.5 Å². The molecule has 2 rings (SSSR count). The Hall–Kier alpha value is -1.32. The van der Waals surface area contributed by atoms with E-state index in [-0.39, 0.29) is 0 Å². The predicted molar refractivity (Wildman–Crippen MR) is 80.5 cm³/mol. The van der Waals surface area contributed by atoms with Gasteiger partial charge >= 0.3 is 0 Å². The van der Waals surface area contributed by atoms with Gasteiger partial charge in [0.15, 0.2) is 0 Å². The van der Waals surface area contributed by atoms with Crippen molar-refractivity contribution in [3.8, 4) is 0 Å². The molecule has 4 heteroatoms. The molecule has 1 aromatic heterocycles. The van der Waals surface area contributed by atoms with Gasteiger partial charge in [0.05, 0.1) is 0 Å². The van der Waals surface area contributed by atoms with Crippen LogP contribution in [0.3, 0.4) is 0 Å². The molecular formula is C15H26N4. The van der Waals surface area contributed by atoms with Gasteiger partial charge in [-0.1, -0.05) is 26.7 Å². The molecule has 4 nitrogen and oxygen atoms in total. The largest absolute Gasteiger partial charge is 0.383 e. The molecule has 0 spiro atoms. The highest BCUT2D eigenvalue weighted by atomic mass is 15.2. The number of hydrogen-bond donors (Lipinski definition) is 1. The molecule has 1 aliphatic rings. The fourth-order valence-electron chi connectivity index (χ4n) is 2.67. The standard InChI is InChI=1S/C15H26N4/c1-10(2)14-17-13(16)12(4)15(18-14)19-9-7-5-6-8-11(19)3/h10-11H,5-9H2,1-4H3,(H2,16,17,18). The maximum absolute atomic E-state index is 6.07. The summed E-state index contributed by atoms with van der Waals surface area (Å²) in [6.45, 7) is 9.62. The summed E-state index contributed by atoms with van der Waals surface area (Å²) in [7, 11) is 0. The fraction of sp³-hybridized carbons (Fsp3) is 0.733. The zero-order valence-corrected chi connectivity index (χ0v) is 12.6. The molecule has 1 fully saturated rings. The van der Waals surface area contributed by atoms with E-state index in [1.807, 2.05) is 6.92 Å². The first-order valence-electron chi connectivity index (χ1n) is 7.41. The van der Waals surface area contributed by atoms with Gasteiger partial charge in [-0.3, -0.25) is 0 Å². The minimum absolute atomic E-state index is 0.309. The van der Waals surface area contributed by atoms with Gasteiger partial charge in [-0.25, -0.2) is 9.97 Å². The summed E-state index contributed by atoms with van der Waals surface area (Å²) in [6.07, 6.45) is 5.11. The maximum atomic E-state index is 6.07. The number of nitrogens with zero attached hydrogens (tertiary/aromatic N) is 3. The van der Waals surface area contributed by atoms with E-state index in [1.165, 1.54) is 25.7 Å². The average molecular weight is 262 g/mol. The lowest BCUT2D eigenvalue weighted by atomic mass is 10.1. The Balaban J connectivity index is 2.41. The number of aromatic nitrogens is 2. The fourth-order valence-corrected chi connectivity index (χ4v) is 2.67. The molecule has 0 bridgehead atoms. The number of nitrogen functional groups attached to an aromatic ring is 1. The Labute approximate surface area is 116 Å². The van der Waals surface area contributed by atoms with E-state index in [2.05, 4.69) is 30.7 Å². The number of hydrogen-bond acceptors (Lipinski definition) is 4. The smallest absolute Gasteiger partial charge is 0.137 e. The van der Waals surface area contributed by atoms with Crippen LogP contribution in [0.5, 0.6) is 0 Å². The number of rotatable bonds is 2. The molecule has 0 radical (unpaired) electrons. The maximum Gasteiger partial charge on any atom is 0.137 e. The minimum atomic E-state index is 0.309. The highest BCUT2D eigenvalue weighted by Crippen LogP contribution is 2.28. The molecule has 0 amide bonds. The molecule has 2 heterocycles. The average Bonchev–Trinajstić information content (AvgIpc) is 2.57. The van der Waals surface area contributed by atoms with Crippen molar-refractivity contribution in [2.24, 2.45) is 0 Å². The zero-order chi connectivity index (χ0) is 14.0. The normalized spacial score (nSPS) is 20.7. The van der Waals surface area contributed by atoms with E-state index in [4.69, 9.17) is 10.7 Å². The van der Waals surface area contributed by atoms with Gasteiger partial charge in [0.2, 0.25) is 0 Å². The van der Waals surface area contributed by atoms with Crippen LogP contribution in [0.15, 0.2) is 0 Å². The molecule has 19 heavy (non-hydrogen) atoms. The van der Waals surface area contributed by atoms with Crippen LogP contribution in [0.1, 0.15) is 63.8 Å². The second kappa shape index (κ2) is 5.76. The van der Waals surface area contributed by atoms with E-state index < -0.39 is 0 Å². The van der Waals surface area contributed by atoms with E-state index in [0.717, 1.165) is 23.8 Å². The quantitative estimate of drug-likeness (QED) is 0.889. The molecule has 106 valence electrons. The van der Waals surface area contributed by atoms with Crippen molar-refractivity contribution in [3.63, 3.8) is 0 Å². The first kappa shape index (κ1) is 14.1. The van der Waals surface area contributed by atoms with Crippen molar-refractivity contribution in [2.45, 2.75) is 65.3 Å². The monoisotopic (exact) mass is 262 g/mol. The van der Waals surface area contributed by atoms with Crippen LogP contribution < -0.4 is 10.6 Å². The summed E-state index contributed by atoms with van der Waals surface area (Å²) in [4.78, 5) is 11.6. The van der Waals surface area contributed by atoms with Crippen molar-refractivity contribution in [3.05, 3.63) is 11.4 Å². The highest BCUT2D eigenvalue weighted by Gasteiger charge is 2.22. The highest BCUT2D eigenvalue weighted by molar-refractivity contribution is 5.57. The SMILES string of the molecule is Cc1c(N)nc(C(C)C)nc1N1CCCCCC1C. The predicted octanol–water partition coefficient (Wildman–Crippen LogP) is 3.26. The molecule has 2 N–H and O–H groups in total. The molecule has 1 aromatic rings. The third-order valence-corrected chi connectivity index (χ3v) is 4.02. The summed E-state index contributed by atoms with van der Waals surface area (Å²) in [5, 5.41) is 0. The molecule has 1 unspecified atom stereocenters. The lowest BCUT2D eigenvalue weighted by Crippen LogP contribution is -2.34. The van der Waals surface area contributed by atoms with Gasteiger partial charge in [0.25, 0.3) is 0 Å². The number of anilines is 2. The molecule has 1 aliphatic heterocycles. The van der Waals surface area contributed by atoms with Crippen LogP contribution in [0.4, 0.5) is 11.6 Å². The van der Waals surface area contributed by atoms with Crippen molar-refractivity contribution in [2.75, 3.05) is 17.2 Å². The first-order valence-corrected chi connectivity index (χ1v) is 7.41. The van der Waals surface area contributed by atoms with E-state index in [1.54, 1.807) is 0 Å². The second-order valence-corrected chi connectivity index (χ2v) is 5.96. The molecule has 0 saturated carbocycles. The Morgan fingerprint density at radius 2 is 1.95 bits per heavy atom. The van der Waals surface area contributed by atoms with Crippen molar-refractivity contribution in [1.82, 2.24) is 9.97 Å². The van der Waals surface area contributed by atoms with Crippen molar-refractivity contribution < 1.29 is 0 Å². The van der Waals surface area contributed by atoms with E-state index in [9.17, 15) is 0 Å². The van der Waals surface area contributed by atoms with Crippen LogP contribution in [-0.4, -0.2) is 22.6 Å². The lowest BCUT2D eigenvalue weighted by molar-refractivity contribution is 0.606. The van der Waals surface area contributed by atoms with Crippen LogP contribution in [0.2, 0.25) is 0 Å². The third-order valence-electron chi connectivity index (χ3n) is 4.02. The first-order chi connectivity index (χ1) is 9.00. The summed E-state index contributed by atoms with van der Waals surface area (Å²) in [5.41, 5.74) is 7.10. The summed E-state index contributed by atoms with van der Waals surface area (Å²) < 4.78 is 0. The molecule has 0 aliphatic carbocycles. The summed E-state index contributed by atoms with van der Waals surface area (Å²) in [6, 6.07) is 0.538. The zero-order valence-electron chi connectivity index (χ0n) is 12.6. The topological polar surface area (TPSA) is 55.0 Å². The molecule has 1 atom stereocenters. The van der Waals surface area contributed by atoms with Crippen molar-refractivity contribution in [1.29, 1.82) is 0 Å². The van der Waals surface area contributed by atoms with Crippen LogP contribution >= 0.6 is 0 Å². The lowest BCUT2D eigenvalue weighted by Gasteiger charge is -2.30. The van der Waals surface area contributed by atoms with Gasteiger partial charge in [-0.05, 0) is 26.7 Å². The summed E-state index contributed by atoms with van der Waals surface area (Å²) in [5.74, 6) is 2.84. The minimum Gasteiger partial charge on any atom is -0.383 e. The van der Waals surface area contributed by atoms with E-state index in [0.29, 0.717) is 17.8 Å². The van der Waals surface area contributed by atoms with Gasteiger partial charge in [-0.2, -0.15) is 0 Å². The summed E-state index contributed by atoms with van der Waals surface area (Å²) >= 11 is 0. The van der Waals surface area contributed by atoms with Crippen LogP contribution in [0.25, 0.3) is 0 Å². The van der Waals surface area contributed by atoms with Crippen LogP contribution in [0, 0.1) is 6.92 Å². The molecular weight excluding hydrogens is 236 g/mol. The Morgan fingerprint density at radius 3 is 2.63 bits per heavy atom. The molecule has 1 saturated heterocycles. The van der Waals surface area contributed by atoms with Gasteiger partial charge in [0, 0.05) is 24.1 Å². The Morgan fingerprint density at radius 1 is 1.21 bits per heavy atom. The van der Waals surface area contributed by atoms with Gasteiger partial charge < -0.3 is 10.6 Å². The number of nitrogens with two attached hydrogens (primary N) is 1. The Bertz CT molecular complexity index is 442. The van der Waals surface area contributed by atoms with E-state index >= 15 is 0 Å². The van der Waals surface area contributed by atoms with Gasteiger partial charge in [-0.15, -0.1) is 0 Å². The third kappa shape index (κ3) is 2.99. The molecule has 0 aromatic carbocycles. The van der Waals surface area contributed by atoms with Crippen molar-refractivity contribution >= 4 is 11.6 Å². The second-order valence-electron chi connectivity index (χ2n) is 5.96. The van der Waals surface area contributed by atoms with Crippen LogP contribution in [-0.2, 0) is 0 Å².